The Morgan fingerprint density at radius 2 is 1.10 bits per heavy atom. The topological polar surface area (TPSA) is 140 Å². The zero-order valence-electron chi connectivity index (χ0n) is 7.06. The molecule has 0 amide bonds. The molecule has 10 heavy (non-hydrogen) atoms. The van der Waals surface area contributed by atoms with Crippen LogP contribution in [0, 0.1) is 0 Å². The molecule has 6 nitrogen and oxygen atoms in total. The van der Waals surface area contributed by atoms with E-state index in [4.69, 9.17) is 17.5 Å². The number of rotatable bonds is 0. The Hall–Kier alpha value is 3.30. The van der Waals surface area contributed by atoms with Crippen LogP contribution in [0.2, 0.25) is 0 Å². The van der Waals surface area contributed by atoms with Crippen molar-refractivity contribution in [1.29, 1.82) is 0 Å². The van der Waals surface area contributed by atoms with Crippen molar-refractivity contribution in [3.8, 4) is 0 Å². The second-order valence-electron chi connectivity index (χ2n) is 0.408. The molecule has 0 aliphatic carbocycles. The van der Waals surface area contributed by atoms with Crippen molar-refractivity contribution in [2.24, 2.45) is 0 Å². The van der Waals surface area contributed by atoms with Crippen molar-refractivity contribution in [1.82, 2.24) is 0 Å². The summed E-state index contributed by atoms with van der Waals surface area (Å²) in [6.07, 6.45) is 0. The van der Waals surface area contributed by atoms with E-state index in [1.54, 1.807) is 0 Å². The molecule has 0 rings (SSSR count). The fourth-order valence-corrected chi connectivity index (χ4v) is 0. The van der Waals surface area contributed by atoms with Gasteiger partial charge in [-0.1, -0.05) is 0 Å². The maximum atomic E-state index is 8.52. The molecule has 0 atom stereocenters. The summed E-state index contributed by atoms with van der Waals surface area (Å²) in [6, 6.07) is 0. The molecule has 0 spiro atoms. The van der Waals surface area contributed by atoms with Crippen LogP contribution in [0.3, 0.4) is 0 Å². The van der Waals surface area contributed by atoms with Gasteiger partial charge in [0.25, 0.3) is 0 Å². The van der Waals surface area contributed by atoms with Gasteiger partial charge in [-0.2, -0.15) is 0 Å². The molecule has 0 aliphatic heterocycles. The van der Waals surface area contributed by atoms with Gasteiger partial charge in [0.1, 0.15) is 0 Å². The molecule has 0 bridgehead atoms. The predicted molar refractivity (Wildman–Crippen MR) is 33.8 cm³/mol. The Bertz CT molecular complexity index is 109. The Morgan fingerprint density at radius 3 is 1.10 bits per heavy atom. The third-order valence-electron chi connectivity index (χ3n) is 0. The van der Waals surface area contributed by atoms with E-state index in [9.17, 15) is 0 Å². The van der Waals surface area contributed by atoms with E-state index in [2.05, 4.69) is 0 Å². The molecule has 52 valence electrons. The summed E-state index contributed by atoms with van der Waals surface area (Å²) in [5.41, 5.74) is 0. The molecule has 0 saturated carbocycles. The molecule has 10 heteroatoms. The van der Waals surface area contributed by atoms with Gasteiger partial charge in [0.05, 0.1) is 0 Å². The van der Waals surface area contributed by atoms with Crippen LogP contribution in [0.4, 0.5) is 0 Å². The van der Waals surface area contributed by atoms with Gasteiger partial charge in [-0.05, 0) is 0 Å². The Morgan fingerprint density at radius 1 is 1.10 bits per heavy atom. The summed E-state index contributed by atoms with van der Waals surface area (Å²) in [5, 5.41) is 0. The smallest absolute Gasteiger partial charge is 1.00 e. The zero-order valence-corrected chi connectivity index (χ0v) is 13.0. The average molecular weight is 284 g/mol. The Kier molecular flexibility index (Phi) is 68.6. The quantitative estimate of drug-likeness (QED) is 0.271. The fourth-order valence-electron chi connectivity index (χ4n) is 0. The van der Waals surface area contributed by atoms with Gasteiger partial charge in [0.15, 0.2) is 0 Å². The first-order chi connectivity index (χ1) is 2.00. The molecule has 2 N–H and O–H groups in total. The minimum Gasteiger partial charge on any atom is -1.00 e. The first kappa shape index (κ1) is 37.8. The summed E-state index contributed by atoms with van der Waals surface area (Å²) in [4.78, 5) is 0. The summed E-state index contributed by atoms with van der Waals surface area (Å²) >= 11 is 0. The molecular weight excluding hydrogens is 280 g/mol. The molecule has 0 heterocycles. The molecule has 0 fully saturated rings. The van der Waals surface area contributed by atoms with E-state index in [0.717, 1.165) is 0 Å². The third kappa shape index (κ3) is 110. The fraction of sp³-hybridized carbons (Fsp3) is 0. The van der Waals surface area contributed by atoms with E-state index >= 15 is 0 Å². The monoisotopic (exact) mass is 284 g/mol. The molecule has 0 unspecified atom stereocenters. The van der Waals surface area contributed by atoms with Crippen molar-refractivity contribution in [2.75, 3.05) is 0 Å². The maximum Gasteiger partial charge on any atom is 2.00 e. The van der Waals surface area contributed by atoms with E-state index < -0.39 is 10.4 Å². The van der Waals surface area contributed by atoms with Crippen LogP contribution in [-0.4, -0.2) is 135 Å². The zero-order chi connectivity index (χ0) is 4.50. The van der Waals surface area contributed by atoms with Gasteiger partial charge >= 0.3 is 106 Å². The Labute approximate surface area is 145 Å². The molecular formula is H4CaMgO6SSr. The van der Waals surface area contributed by atoms with Crippen LogP contribution in [0.5, 0.6) is 0 Å². The van der Waals surface area contributed by atoms with Gasteiger partial charge in [-0.15, -0.1) is 0 Å². The van der Waals surface area contributed by atoms with Gasteiger partial charge in [-0.3, -0.25) is 8.42 Å². The molecule has 0 aromatic carbocycles. The maximum absolute atomic E-state index is 8.52. The second-order valence-corrected chi connectivity index (χ2v) is 1.22. The van der Waals surface area contributed by atoms with Crippen molar-refractivity contribution in [2.45, 2.75) is 0 Å². The van der Waals surface area contributed by atoms with Gasteiger partial charge in [0, 0.05) is 10.4 Å². The van der Waals surface area contributed by atoms with Crippen molar-refractivity contribution >= 4 is 117 Å². The van der Waals surface area contributed by atoms with Crippen LogP contribution in [0.25, 0.3) is 0 Å². The predicted octanol–water partition coefficient (Wildman–Crippen LogP) is -2.61. The normalized spacial score (nSPS) is 5.80. The SMILES string of the molecule is O=S(=O)([O-])[O-].[Ca+2].[H-].[H-].[Mg+2].[OH-].[OH-].[Sr+2]. The summed E-state index contributed by atoms with van der Waals surface area (Å²) in [5.74, 6) is 0. The Balaban J connectivity index is -0.00000000381. The van der Waals surface area contributed by atoms with E-state index in [1.165, 1.54) is 0 Å². The van der Waals surface area contributed by atoms with E-state index in [-0.39, 0.29) is 120 Å². The molecule has 0 aliphatic rings. The standard InChI is InChI=1S/Ca.Mg.H2O4S.2H2O.Sr.2H/c;;1-5(2,3)4;;;;;/h;;(H2,1,2,3,4);2*1H2;;;/q2*+2;;;;+2;2*-1/p-4. The van der Waals surface area contributed by atoms with Crippen LogP contribution < -0.4 is 0 Å². The number of hydrogen-bond acceptors (Lipinski definition) is 6. The van der Waals surface area contributed by atoms with Crippen LogP contribution >= 0.6 is 0 Å². The van der Waals surface area contributed by atoms with Crippen LogP contribution in [0.1, 0.15) is 2.85 Å². The van der Waals surface area contributed by atoms with Crippen molar-refractivity contribution in [3.05, 3.63) is 0 Å². The second kappa shape index (κ2) is 18.2. The first-order valence-electron chi connectivity index (χ1n) is 0.667. The van der Waals surface area contributed by atoms with Gasteiger partial charge in [0.2, 0.25) is 0 Å². The van der Waals surface area contributed by atoms with E-state index in [1.807, 2.05) is 0 Å². The average Bonchev–Trinajstić information content (AvgIpc) is 0.722. The third-order valence-corrected chi connectivity index (χ3v) is 0. The summed E-state index contributed by atoms with van der Waals surface area (Å²) < 4.78 is 34.1. The largest absolute Gasteiger partial charge is 2.00 e. The molecule has 0 aromatic heterocycles. The van der Waals surface area contributed by atoms with E-state index in [0.29, 0.717) is 0 Å². The van der Waals surface area contributed by atoms with Crippen molar-refractivity contribution in [3.63, 3.8) is 0 Å². The number of hydrogen-bond donors (Lipinski definition) is 0. The summed E-state index contributed by atoms with van der Waals surface area (Å²) in [6.45, 7) is 0. The van der Waals surface area contributed by atoms with Crippen LogP contribution in [0.15, 0.2) is 0 Å². The first-order valence-corrected chi connectivity index (χ1v) is 2.00. The van der Waals surface area contributed by atoms with Crippen molar-refractivity contribution < 1.29 is 31.3 Å². The minimum absolute atomic E-state index is 0. The van der Waals surface area contributed by atoms with Gasteiger partial charge < -0.3 is 22.9 Å². The molecule has 0 radical (unpaired) electrons. The minimum atomic E-state index is -5.17. The summed E-state index contributed by atoms with van der Waals surface area (Å²) in [7, 11) is -5.17. The molecule has 0 saturated heterocycles. The van der Waals surface area contributed by atoms with Gasteiger partial charge in [-0.25, -0.2) is 0 Å². The molecule has 0 aromatic rings. The van der Waals surface area contributed by atoms with Crippen LogP contribution in [-0.2, 0) is 10.4 Å².